The molecule has 5 heteroatoms. The summed E-state index contributed by atoms with van der Waals surface area (Å²) >= 11 is 2.18. The van der Waals surface area contributed by atoms with E-state index in [0.29, 0.717) is 10.6 Å². The van der Waals surface area contributed by atoms with E-state index in [1.807, 2.05) is 12.1 Å². The summed E-state index contributed by atoms with van der Waals surface area (Å²) in [6, 6.07) is 15.8. The fraction of sp³-hybridized carbons (Fsp3) is 0.0769. The Morgan fingerprint density at radius 3 is 2.06 bits per heavy atom. The second-order valence-electron chi connectivity index (χ2n) is 3.76. The number of benzene rings is 2. The van der Waals surface area contributed by atoms with Gasteiger partial charge in [0.15, 0.2) is 0 Å². The van der Waals surface area contributed by atoms with Crippen molar-refractivity contribution < 1.29 is 8.42 Å². The van der Waals surface area contributed by atoms with E-state index < -0.39 is 10.0 Å². The van der Waals surface area contributed by atoms with Crippen LogP contribution in [0, 0.1) is 3.57 Å². The predicted octanol–water partition coefficient (Wildman–Crippen LogP) is 3.12. The van der Waals surface area contributed by atoms with Crippen molar-refractivity contribution in [2.24, 2.45) is 0 Å². The molecule has 0 aliphatic heterocycles. The molecule has 0 fully saturated rings. The van der Waals surface area contributed by atoms with E-state index in [2.05, 4.69) is 22.6 Å². The number of hydrogen-bond acceptors (Lipinski definition) is 2. The Hall–Kier alpha value is -1.08. The summed E-state index contributed by atoms with van der Waals surface area (Å²) in [5.41, 5.74) is 0.652. The smallest absolute Gasteiger partial charge is 0.264 e. The highest BCUT2D eigenvalue weighted by molar-refractivity contribution is 14.1. The molecule has 0 spiro atoms. The topological polar surface area (TPSA) is 37.4 Å². The molecule has 0 heterocycles. The van der Waals surface area contributed by atoms with Gasteiger partial charge < -0.3 is 0 Å². The lowest BCUT2D eigenvalue weighted by atomic mass is 10.3. The Labute approximate surface area is 121 Å². The monoisotopic (exact) mass is 373 g/mol. The summed E-state index contributed by atoms with van der Waals surface area (Å²) < 4.78 is 27.0. The number of rotatable bonds is 3. The van der Waals surface area contributed by atoms with E-state index in [4.69, 9.17) is 0 Å². The van der Waals surface area contributed by atoms with Gasteiger partial charge in [0.25, 0.3) is 10.0 Å². The lowest BCUT2D eigenvalue weighted by Crippen LogP contribution is -2.26. The van der Waals surface area contributed by atoms with E-state index in [1.54, 1.807) is 49.5 Å². The molecule has 0 bridgehead atoms. The molecule has 0 saturated carbocycles. The van der Waals surface area contributed by atoms with Crippen LogP contribution in [-0.4, -0.2) is 15.5 Å². The van der Waals surface area contributed by atoms with Crippen molar-refractivity contribution in [2.75, 3.05) is 11.4 Å². The molecule has 2 aromatic rings. The van der Waals surface area contributed by atoms with Crippen LogP contribution in [0.25, 0.3) is 0 Å². The molecular weight excluding hydrogens is 361 g/mol. The first-order valence-electron chi connectivity index (χ1n) is 5.31. The van der Waals surface area contributed by atoms with Crippen LogP contribution in [0.5, 0.6) is 0 Å². The van der Waals surface area contributed by atoms with Gasteiger partial charge in [0, 0.05) is 10.6 Å². The van der Waals surface area contributed by atoms with Gasteiger partial charge in [-0.1, -0.05) is 18.2 Å². The minimum absolute atomic E-state index is 0.297. The second kappa shape index (κ2) is 5.27. The zero-order valence-corrected chi connectivity index (χ0v) is 12.7. The van der Waals surface area contributed by atoms with Gasteiger partial charge in [-0.3, -0.25) is 4.31 Å². The van der Waals surface area contributed by atoms with Gasteiger partial charge in [-0.05, 0) is 59.0 Å². The summed E-state index contributed by atoms with van der Waals surface area (Å²) in [5.74, 6) is 0. The van der Waals surface area contributed by atoms with Gasteiger partial charge in [0.05, 0.1) is 10.6 Å². The molecule has 0 N–H and O–H groups in total. The van der Waals surface area contributed by atoms with Crippen LogP contribution >= 0.6 is 22.6 Å². The summed E-state index contributed by atoms with van der Waals surface area (Å²) in [4.78, 5) is 0.297. The Bertz CT molecular complexity index is 624. The minimum Gasteiger partial charge on any atom is -0.269 e. The molecule has 2 rings (SSSR count). The molecular formula is C13H12INO2S. The fourth-order valence-corrected chi connectivity index (χ4v) is 3.12. The maximum absolute atomic E-state index is 12.3. The van der Waals surface area contributed by atoms with Crippen LogP contribution in [0.4, 0.5) is 5.69 Å². The first-order valence-corrected chi connectivity index (χ1v) is 7.83. The van der Waals surface area contributed by atoms with E-state index >= 15 is 0 Å². The zero-order valence-electron chi connectivity index (χ0n) is 9.75. The van der Waals surface area contributed by atoms with E-state index in [9.17, 15) is 8.42 Å². The average molecular weight is 373 g/mol. The van der Waals surface area contributed by atoms with Gasteiger partial charge >= 0.3 is 0 Å². The number of nitrogens with zero attached hydrogens (tertiary/aromatic N) is 1. The summed E-state index contributed by atoms with van der Waals surface area (Å²) in [5, 5.41) is 0. The van der Waals surface area contributed by atoms with Crippen LogP contribution < -0.4 is 4.31 Å². The first kappa shape index (κ1) is 13.4. The second-order valence-corrected chi connectivity index (χ2v) is 6.98. The van der Waals surface area contributed by atoms with Crippen LogP contribution in [0.1, 0.15) is 0 Å². The largest absolute Gasteiger partial charge is 0.269 e. The lowest BCUT2D eigenvalue weighted by molar-refractivity contribution is 0.594. The van der Waals surface area contributed by atoms with E-state index in [1.165, 1.54) is 4.31 Å². The Balaban J connectivity index is 2.39. The number of anilines is 1. The quantitative estimate of drug-likeness (QED) is 0.776. The molecule has 0 saturated heterocycles. The van der Waals surface area contributed by atoms with E-state index in [0.717, 1.165) is 3.57 Å². The van der Waals surface area contributed by atoms with Crippen LogP contribution in [0.3, 0.4) is 0 Å². The maximum atomic E-state index is 12.3. The molecule has 18 heavy (non-hydrogen) atoms. The van der Waals surface area contributed by atoms with E-state index in [-0.39, 0.29) is 0 Å². The van der Waals surface area contributed by atoms with Crippen molar-refractivity contribution in [2.45, 2.75) is 4.90 Å². The predicted molar refractivity (Wildman–Crippen MR) is 81.2 cm³/mol. The number of sulfonamides is 1. The molecule has 0 amide bonds. The molecule has 0 aliphatic rings. The summed E-state index contributed by atoms with van der Waals surface area (Å²) in [7, 11) is -1.91. The van der Waals surface area contributed by atoms with Gasteiger partial charge in [-0.25, -0.2) is 8.42 Å². The van der Waals surface area contributed by atoms with Gasteiger partial charge in [-0.15, -0.1) is 0 Å². The molecule has 94 valence electrons. The van der Waals surface area contributed by atoms with Gasteiger partial charge in [-0.2, -0.15) is 0 Å². The van der Waals surface area contributed by atoms with Crippen molar-refractivity contribution in [3.05, 3.63) is 58.2 Å². The van der Waals surface area contributed by atoms with Crippen molar-refractivity contribution in [3.63, 3.8) is 0 Å². The fourth-order valence-electron chi connectivity index (χ4n) is 1.54. The molecule has 0 unspecified atom stereocenters. The third kappa shape index (κ3) is 2.67. The third-order valence-corrected chi connectivity index (χ3v) is 5.11. The van der Waals surface area contributed by atoms with Crippen molar-refractivity contribution in [1.82, 2.24) is 0 Å². The normalized spacial score (nSPS) is 11.2. The molecule has 0 atom stereocenters. The molecule has 0 aliphatic carbocycles. The average Bonchev–Trinajstić information content (AvgIpc) is 2.40. The Morgan fingerprint density at radius 1 is 0.944 bits per heavy atom. The first-order chi connectivity index (χ1) is 8.51. The van der Waals surface area contributed by atoms with Gasteiger partial charge in [0.2, 0.25) is 0 Å². The highest BCUT2D eigenvalue weighted by Gasteiger charge is 2.20. The summed E-state index contributed by atoms with van der Waals surface area (Å²) in [6.07, 6.45) is 0. The number of hydrogen-bond donors (Lipinski definition) is 0. The molecule has 3 nitrogen and oxygen atoms in total. The third-order valence-electron chi connectivity index (χ3n) is 2.59. The summed E-state index contributed by atoms with van der Waals surface area (Å²) in [6.45, 7) is 0. The van der Waals surface area contributed by atoms with Crippen LogP contribution in [-0.2, 0) is 10.0 Å². The lowest BCUT2D eigenvalue weighted by Gasteiger charge is -2.19. The zero-order chi connectivity index (χ0) is 13.2. The highest BCUT2D eigenvalue weighted by atomic mass is 127. The standard InChI is InChI=1S/C13H12INO2S/c1-15(12-9-7-11(14)8-10-12)18(16,17)13-5-3-2-4-6-13/h2-10H,1H3. The maximum Gasteiger partial charge on any atom is 0.264 e. The van der Waals surface area contributed by atoms with Crippen molar-refractivity contribution in [1.29, 1.82) is 0 Å². The molecule has 2 aromatic carbocycles. The minimum atomic E-state index is -3.47. The Kier molecular flexibility index (Phi) is 3.91. The molecule has 0 aromatic heterocycles. The number of halogens is 1. The highest BCUT2D eigenvalue weighted by Crippen LogP contribution is 2.22. The SMILES string of the molecule is CN(c1ccc(I)cc1)S(=O)(=O)c1ccccc1. The van der Waals surface area contributed by atoms with Crippen LogP contribution in [0.2, 0.25) is 0 Å². The van der Waals surface area contributed by atoms with Crippen molar-refractivity contribution in [3.8, 4) is 0 Å². The molecule has 0 radical (unpaired) electrons. The van der Waals surface area contributed by atoms with Crippen LogP contribution in [0.15, 0.2) is 59.5 Å². The Morgan fingerprint density at radius 2 is 1.50 bits per heavy atom. The van der Waals surface area contributed by atoms with Gasteiger partial charge in [0.1, 0.15) is 0 Å². The van der Waals surface area contributed by atoms with Crippen molar-refractivity contribution >= 4 is 38.3 Å².